The van der Waals surface area contributed by atoms with Crippen LogP contribution in [0.25, 0.3) is 0 Å². The molecule has 0 atom stereocenters. The predicted molar refractivity (Wildman–Crippen MR) is 74.3 cm³/mol. The Morgan fingerprint density at radius 3 is 2.29 bits per heavy atom. The highest BCUT2D eigenvalue weighted by atomic mass is 16.5. The summed E-state index contributed by atoms with van der Waals surface area (Å²) >= 11 is 0. The lowest BCUT2D eigenvalue weighted by atomic mass is 10.2. The fourth-order valence-electron chi connectivity index (χ4n) is 1.87. The first-order valence-electron chi connectivity index (χ1n) is 6.21. The van der Waals surface area contributed by atoms with Crippen molar-refractivity contribution in [1.82, 2.24) is 0 Å². The quantitative estimate of drug-likeness (QED) is 0.882. The van der Waals surface area contributed by atoms with Crippen LogP contribution in [0.2, 0.25) is 0 Å². The number of rotatable bonds is 6. The molecule has 21 heavy (non-hydrogen) atoms. The monoisotopic (exact) mass is 292 g/mol. The smallest absolute Gasteiger partial charge is 0.338 e. The number of methoxy groups -OCH3 is 2. The van der Waals surface area contributed by atoms with E-state index in [1.54, 1.807) is 0 Å². The van der Waals surface area contributed by atoms with Gasteiger partial charge in [-0.25, -0.2) is 4.79 Å². The van der Waals surface area contributed by atoms with E-state index >= 15 is 0 Å². The van der Waals surface area contributed by atoms with Crippen LogP contribution in [0.5, 0.6) is 17.2 Å². The van der Waals surface area contributed by atoms with Crippen LogP contribution in [0, 0.1) is 6.92 Å². The average molecular weight is 292 g/mol. The van der Waals surface area contributed by atoms with Crippen LogP contribution >= 0.6 is 0 Å². The lowest BCUT2D eigenvalue weighted by molar-refractivity contribution is 0.0696. The molecule has 1 N–H and O–H groups in total. The van der Waals surface area contributed by atoms with Crippen molar-refractivity contribution in [2.75, 3.05) is 14.2 Å². The maximum absolute atomic E-state index is 10.8. The standard InChI is InChI=1S/C15H16O6/c1-9-4-12(18-2)14(13(5-9)19-3)21-8-11-6-10(7-20-11)15(16)17/h4-7H,8H2,1-3H3,(H,16,17). The Hall–Kier alpha value is -2.63. The van der Waals surface area contributed by atoms with Crippen LogP contribution in [-0.2, 0) is 6.61 Å². The van der Waals surface area contributed by atoms with Crippen LogP contribution < -0.4 is 14.2 Å². The first-order chi connectivity index (χ1) is 10.0. The topological polar surface area (TPSA) is 78.1 Å². The fraction of sp³-hybridized carbons (Fsp3) is 0.267. The summed E-state index contributed by atoms with van der Waals surface area (Å²) in [5.74, 6) is 0.875. The second-order valence-corrected chi connectivity index (χ2v) is 4.39. The van der Waals surface area contributed by atoms with Crippen molar-refractivity contribution >= 4 is 5.97 Å². The first kappa shape index (κ1) is 14.8. The van der Waals surface area contributed by atoms with Gasteiger partial charge in [0.05, 0.1) is 19.8 Å². The molecule has 0 fully saturated rings. The number of aromatic carboxylic acids is 1. The molecule has 0 aliphatic rings. The maximum atomic E-state index is 10.8. The van der Waals surface area contributed by atoms with Crippen molar-refractivity contribution in [2.24, 2.45) is 0 Å². The van der Waals surface area contributed by atoms with Gasteiger partial charge in [-0.3, -0.25) is 0 Å². The molecule has 0 spiro atoms. The van der Waals surface area contributed by atoms with Crippen molar-refractivity contribution in [3.8, 4) is 17.2 Å². The third kappa shape index (κ3) is 3.28. The van der Waals surface area contributed by atoms with E-state index in [1.165, 1.54) is 26.5 Å². The summed E-state index contributed by atoms with van der Waals surface area (Å²) in [6.45, 7) is 1.99. The maximum Gasteiger partial charge on any atom is 0.338 e. The molecular weight excluding hydrogens is 276 g/mol. The fourth-order valence-corrected chi connectivity index (χ4v) is 1.87. The minimum absolute atomic E-state index is 0.0725. The second-order valence-electron chi connectivity index (χ2n) is 4.39. The number of aryl methyl sites for hydroxylation is 1. The number of carboxylic acid groups (broad SMARTS) is 1. The highest BCUT2D eigenvalue weighted by Gasteiger charge is 2.15. The van der Waals surface area contributed by atoms with Crippen molar-refractivity contribution in [1.29, 1.82) is 0 Å². The van der Waals surface area contributed by atoms with E-state index in [-0.39, 0.29) is 12.2 Å². The third-order valence-corrected chi connectivity index (χ3v) is 2.86. The summed E-state index contributed by atoms with van der Waals surface area (Å²) in [5.41, 5.74) is 1.05. The van der Waals surface area contributed by atoms with E-state index in [0.717, 1.165) is 5.56 Å². The summed E-state index contributed by atoms with van der Waals surface area (Å²) in [6.07, 6.45) is 1.17. The van der Waals surface area contributed by atoms with Gasteiger partial charge >= 0.3 is 5.97 Å². The zero-order valence-corrected chi connectivity index (χ0v) is 12.0. The first-order valence-corrected chi connectivity index (χ1v) is 6.21. The lowest BCUT2D eigenvalue weighted by Gasteiger charge is -2.14. The Kier molecular flexibility index (Phi) is 4.37. The van der Waals surface area contributed by atoms with E-state index in [1.807, 2.05) is 19.1 Å². The molecule has 1 aromatic heterocycles. The molecule has 0 aliphatic heterocycles. The molecule has 0 bridgehead atoms. The van der Waals surface area contributed by atoms with E-state index in [0.29, 0.717) is 23.0 Å². The molecule has 0 aliphatic carbocycles. The van der Waals surface area contributed by atoms with Gasteiger partial charge in [0.1, 0.15) is 18.6 Å². The summed E-state index contributed by atoms with van der Waals surface area (Å²) < 4.78 is 21.3. The molecule has 0 amide bonds. The van der Waals surface area contributed by atoms with Crippen molar-refractivity contribution < 1.29 is 28.5 Å². The minimum Gasteiger partial charge on any atom is -0.493 e. The Morgan fingerprint density at radius 2 is 1.81 bits per heavy atom. The lowest BCUT2D eigenvalue weighted by Crippen LogP contribution is -2.00. The van der Waals surface area contributed by atoms with Crippen LogP contribution in [0.15, 0.2) is 28.9 Å². The minimum atomic E-state index is -1.05. The molecule has 2 rings (SSSR count). The number of benzene rings is 1. The zero-order valence-electron chi connectivity index (χ0n) is 12.0. The third-order valence-electron chi connectivity index (χ3n) is 2.86. The zero-order chi connectivity index (χ0) is 15.4. The van der Waals surface area contributed by atoms with Crippen LogP contribution in [-0.4, -0.2) is 25.3 Å². The normalized spacial score (nSPS) is 10.2. The highest BCUT2D eigenvalue weighted by molar-refractivity contribution is 5.87. The number of hydrogen-bond acceptors (Lipinski definition) is 5. The van der Waals surface area contributed by atoms with Gasteiger partial charge in [-0.05, 0) is 30.7 Å². The van der Waals surface area contributed by atoms with E-state index in [9.17, 15) is 4.79 Å². The largest absolute Gasteiger partial charge is 0.493 e. The Morgan fingerprint density at radius 1 is 1.19 bits per heavy atom. The molecule has 0 radical (unpaired) electrons. The Labute approximate surface area is 121 Å². The number of hydrogen-bond donors (Lipinski definition) is 1. The molecular formula is C15H16O6. The van der Waals surface area contributed by atoms with Gasteiger partial charge < -0.3 is 23.7 Å². The molecule has 2 aromatic rings. The molecule has 112 valence electrons. The second kappa shape index (κ2) is 6.21. The van der Waals surface area contributed by atoms with Crippen LogP contribution in [0.4, 0.5) is 0 Å². The van der Waals surface area contributed by atoms with Gasteiger partial charge in [0.25, 0.3) is 0 Å². The van der Waals surface area contributed by atoms with Gasteiger partial charge in [-0.15, -0.1) is 0 Å². The van der Waals surface area contributed by atoms with Crippen LogP contribution in [0.3, 0.4) is 0 Å². The molecule has 0 unspecified atom stereocenters. The summed E-state index contributed by atoms with van der Waals surface area (Å²) in [5, 5.41) is 8.84. The van der Waals surface area contributed by atoms with Gasteiger partial charge in [-0.2, -0.15) is 0 Å². The summed E-state index contributed by atoms with van der Waals surface area (Å²) in [4.78, 5) is 10.8. The van der Waals surface area contributed by atoms with E-state index in [2.05, 4.69) is 0 Å². The predicted octanol–water partition coefficient (Wildman–Crippen LogP) is 2.88. The number of ether oxygens (including phenoxy) is 3. The molecule has 0 saturated heterocycles. The summed E-state index contributed by atoms with van der Waals surface area (Å²) in [7, 11) is 3.08. The summed E-state index contributed by atoms with van der Waals surface area (Å²) in [6, 6.07) is 5.06. The van der Waals surface area contributed by atoms with Crippen molar-refractivity contribution in [3.05, 3.63) is 41.3 Å². The molecule has 1 heterocycles. The molecule has 1 aromatic carbocycles. The Bertz CT molecular complexity index is 618. The van der Waals surface area contributed by atoms with Gasteiger partial charge in [0.15, 0.2) is 11.5 Å². The van der Waals surface area contributed by atoms with Gasteiger partial charge in [0.2, 0.25) is 5.75 Å². The van der Waals surface area contributed by atoms with E-state index < -0.39 is 5.97 Å². The number of carboxylic acids is 1. The van der Waals surface area contributed by atoms with Crippen molar-refractivity contribution in [2.45, 2.75) is 13.5 Å². The highest BCUT2D eigenvalue weighted by Crippen LogP contribution is 2.38. The van der Waals surface area contributed by atoms with Crippen LogP contribution in [0.1, 0.15) is 21.7 Å². The molecule has 6 nitrogen and oxygen atoms in total. The number of furan rings is 1. The SMILES string of the molecule is COc1cc(C)cc(OC)c1OCc1cc(C(=O)O)co1. The Balaban J connectivity index is 2.20. The van der Waals surface area contributed by atoms with Gasteiger partial charge in [0, 0.05) is 0 Å². The average Bonchev–Trinajstić information content (AvgIpc) is 2.94. The molecule has 0 saturated carbocycles. The number of carbonyl (C=O) groups is 1. The molecule has 6 heteroatoms. The van der Waals surface area contributed by atoms with Crippen molar-refractivity contribution in [3.63, 3.8) is 0 Å². The van der Waals surface area contributed by atoms with E-state index in [4.69, 9.17) is 23.7 Å². The van der Waals surface area contributed by atoms with Gasteiger partial charge in [-0.1, -0.05) is 0 Å².